The Morgan fingerprint density at radius 1 is 1.23 bits per heavy atom. The number of rotatable bonds is 5. The zero-order chi connectivity index (χ0) is 17.9. The predicted molar refractivity (Wildman–Crippen MR) is 104 cm³/mol. The molecule has 26 heavy (non-hydrogen) atoms. The number of fused-ring (bicyclic) bond motifs is 2. The third kappa shape index (κ3) is 3.65. The monoisotopic (exact) mass is 348 g/mol. The number of nitrogens with zero attached hydrogens (tertiary/aromatic N) is 1. The van der Waals surface area contributed by atoms with Crippen molar-refractivity contribution >= 4 is 17.7 Å². The summed E-state index contributed by atoms with van der Waals surface area (Å²) in [5.74, 6) is -0.0830. The van der Waals surface area contributed by atoms with Crippen molar-refractivity contribution in [3.8, 4) is 0 Å². The first-order chi connectivity index (χ1) is 12.7. The van der Waals surface area contributed by atoms with Crippen molar-refractivity contribution in [2.24, 2.45) is 0 Å². The smallest absolute Gasteiger partial charge is 0.244 e. The van der Waals surface area contributed by atoms with Crippen molar-refractivity contribution in [1.29, 1.82) is 0 Å². The van der Waals surface area contributed by atoms with Crippen molar-refractivity contribution in [2.45, 2.75) is 31.5 Å². The molecule has 2 fully saturated rings. The van der Waals surface area contributed by atoms with E-state index in [2.05, 4.69) is 34.5 Å². The summed E-state index contributed by atoms with van der Waals surface area (Å²) in [5, 5.41) is 3.05. The molecule has 4 rings (SSSR count). The molecule has 2 aliphatic rings. The van der Waals surface area contributed by atoms with E-state index in [1.54, 1.807) is 6.08 Å². The second-order valence-corrected chi connectivity index (χ2v) is 7.07. The highest BCUT2D eigenvalue weighted by atomic mass is 16.5. The zero-order valence-electron chi connectivity index (χ0n) is 15.0. The van der Waals surface area contributed by atoms with Gasteiger partial charge in [0.15, 0.2) is 0 Å². The molecule has 0 radical (unpaired) electrons. The summed E-state index contributed by atoms with van der Waals surface area (Å²) < 4.78 is 5.69. The Kier molecular flexibility index (Phi) is 4.76. The van der Waals surface area contributed by atoms with Crippen LogP contribution in [0.5, 0.6) is 0 Å². The van der Waals surface area contributed by atoms with Crippen LogP contribution in [0.3, 0.4) is 0 Å². The van der Waals surface area contributed by atoms with E-state index >= 15 is 0 Å². The lowest BCUT2D eigenvalue weighted by molar-refractivity contribution is -0.117. The molecule has 2 saturated heterocycles. The first-order valence-electron chi connectivity index (χ1n) is 9.21. The normalized spacial score (nSPS) is 22.7. The molecule has 3 atom stereocenters. The van der Waals surface area contributed by atoms with Gasteiger partial charge in [0.05, 0.1) is 24.8 Å². The summed E-state index contributed by atoms with van der Waals surface area (Å²) in [7, 11) is 0. The molecule has 2 aliphatic heterocycles. The average molecular weight is 348 g/mol. The molecule has 2 heterocycles. The van der Waals surface area contributed by atoms with Crippen LogP contribution in [0.1, 0.15) is 30.5 Å². The molecule has 2 unspecified atom stereocenters. The first-order valence-corrected chi connectivity index (χ1v) is 9.21. The van der Waals surface area contributed by atoms with E-state index in [4.69, 9.17) is 4.74 Å². The average Bonchev–Trinajstić information content (AvgIpc) is 3.31. The number of carbonyl (C=O) groups is 1. The molecule has 0 saturated carbocycles. The quantitative estimate of drug-likeness (QED) is 0.840. The Morgan fingerprint density at radius 2 is 2.08 bits per heavy atom. The lowest BCUT2D eigenvalue weighted by Gasteiger charge is -2.29. The highest BCUT2D eigenvalue weighted by Crippen LogP contribution is 2.33. The number of amides is 1. The largest absolute Gasteiger partial charge is 0.374 e. The molecule has 4 nitrogen and oxygen atoms in total. The molecule has 134 valence electrons. The molecular formula is C22H24N2O2. The minimum atomic E-state index is -0.0830. The Labute approximate surface area is 154 Å². The van der Waals surface area contributed by atoms with Gasteiger partial charge >= 0.3 is 0 Å². The van der Waals surface area contributed by atoms with E-state index in [0.29, 0.717) is 12.1 Å². The maximum absolute atomic E-state index is 12.2. The number of hydrogen-bond donors (Lipinski definition) is 1. The predicted octanol–water partition coefficient (Wildman–Crippen LogP) is 3.55. The third-order valence-corrected chi connectivity index (χ3v) is 5.19. The molecule has 2 aromatic rings. The molecule has 0 aliphatic carbocycles. The SMILES string of the molecule is CC(NC(=O)C=Cc1ccccc1)c1cccc(N2C[C@@H]3CC2CO3)c1. The fraction of sp³-hybridized carbons (Fsp3) is 0.318. The van der Waals surface area contributed by atoms with E-state index in [-0.39, 0.29) is 11.9 Å². The van der Waals surface area contributed by atoms with Gasteiger partial charge in [0.1, 0.15) is 0 Å². The third-order valence-electron chi connectivity index (χ3n) is 5.19. The van der Waals surface area contributed by atoms with Gasteiger partial charge in [-0.05, 0) is 42.7 Å². The van der Waals surface area contributed by atoms with Crippen LogP contribution in [0.25, 0.3) is 6.08 Å². The summed E-state index contributed by atoms with van der Waals surface area (Å²) in [4.78, 5) is 14.7. The zero-order valence-corrected chi connectivity index (χ0v) is 15.0. The van der Waals surface area contributed by atoms with E-state index < -0.39 is 0 Å². The van der Waals surface area contributed by atoms with Crippen LogP contribution < -0.4 is 10.2 Å². The Bertz CT molecular complexity index is 803. The minimum Gasteiger partial charge on any atom is -0.374 e. The van der Waals surface area contributed by atoms with Gasteiger partial charge in [-0.1, -0.05) is 42.5 Å². The van der Waals surface area contributed by atoms with E-state index in [1.807, 2.05) is 43.3 Å². The second kappa shape index (κ2) is 7.34. The fourth-order valence-corrected chi connectivity index (χ4v) is 3.77. The van der Waals surface area contributed by atoms with Crippen LogP contribution in [0.15, 0.2) is 60.7 Å². The number of hydrogen-bond acceptors (Lipinski definition) is 3. The maximum atomic E-state index is 12.2. The van der Waals surface area contributed by atoms with E-state index in [0.717, 1.165) is 30.7 Å². The van der Waals surface area contributed by atoms with Crippen LogP contribution in [0.2, 0.25) is 0 Å². The van der Waals surface area contributed by atoms with Crippen molar-refractivity contribution in [3.63, 3.8) is 0 Å². The number of carbonyl (C=O) groups excluding carboxylic acids is 1. The van der Waals surface area contributed by atoms with E-state index in [9.17, 15) is 4.79 Å². The Balaban J connectivity index is 1.40. The number of anilines is 1. The lowest BCUT2D eigenvalue weighted by Crippen LogP contribution is -2.37. The van der Waals surface area contributed by atoms with Gasteiger partial charge in [-0.25, -0.2) is 0 Å². The van der Waals surface area contributed by atoms with Gasteiger partial charge in [0.2, 0.25) is 5.91 Å². The van der Waals surface area contributed by atoms with Crippen LogP contribution in [0.4, 0.5) is 5.69 Å². The molecule has 2 bridgehead atoms. The van der Waals surface area contributed by atoms with Crippen molar-refractivity contribution in [1.82, 2.24) is 5.32 Å². The van der Waals surface area contributed by atoms with Crippen LogP contribution >= 0.6 is 0 Å². The first kappa shape index (κ1) is 16.9. The highest BCUT2D eigenvalue weighted by molar-refractivity contribution is 5.92. The van der Waals surface area contributed by atoms with E-state index in [1.165, 1.54) is 5.69 Å². The molecular weight excluding hydrogens is 324 g/mol. The molecule has 1 N–H and O–H groups in total. The van der Waals surface area contributed by atoms with Crippen LogP contribution in [-0.2, 0) is 9.53 Å². The van der Waals surface area contributed by atoms with Gasteiger partial charge < -0.3 is 15.0 Å². The van der Waals surface area contributed by atoms with Crippen LogP contribution in [-0.4, -0.2) is 31.2 Å². The molecule has 0 spiro atoms. The van der Waals surface area contributed by atoms with Gasteiger partial charge in [0, 0.05) is 18.3 Å². The molecule has 1 amide bonds. The summed E-state index contributed by atoms with van der Waals surface area (Å²) in [6.07, 6.45) is 4.93. The summed E-state index contributed by atoms with van der Waals surface area (Å²) in [6.45, 7) is 3.81. The highest BCUT2D eigenvalue weighted by Gasteiger charge is 2.39. The Hall–Kier alpha value is -2.59. The van der Waals surface area contributed by atoms with Crippen molar-refractivity contribution < 1.29 is 9.53 Å². The van der Waals surface area contributed by atoms with Crippen molar-refractivity contribution in [3.05, 3.63) is 71.8 Å². The summed E-state index contributed by atoms with van der Waals surface area (Å²) in [5.41, 5.74) is 3.36. The summed E-state index contributed by atoms with van der Waals surface area (Å²) >= 11 is 0. The van der Waals surface area contributed by atoms with Gasteiger partial charge in [-0.2, -0.15) is 0 Å². The lowest BCUT2D eigenvalue weighted by atomic mass is 10.1. The molecule has 2 aromatic carbocycles. The van der Waals surface area contributed by atoms with Gasteiger partial charge in [-0.15, -0.1) is 0 Å². The summed E-state index contributed by atoms with van der Waals surface area (Å²) in [6, 6.07) is 18.8. The Morgan fingerprint density at radius 3 is 2.81 bits per heavy atom. The number of ether oxygens (including phenoxy) is 1. The van der Waals surface area contributed by atoms with Gasteiger partial charge in [0.25, 0.3) is 0 Å². The number of nitrogens with one attached hydrogen (secondary N) is 1. The van der Waals surface area contributed by atoms with Crippen LogP contribution in [0, 0.1) is 0 Å². The minimum absolute atomic E-state index is 0.0427. The molecule has 0 aromatic heterocycles. The topological polar surface area (TPSA) is 41.6 Å². The van der Waals surface area contributed by atoms with Gasteiger partial charge in [-0.3, -0.25) is 4.79 Å². The maximum Gasteiger partial charge on any atom is 0.244 e. The number of benzene rings is 2. The fourth-order valence-electron chi connectivity index (χ4n) is 3.77. The molecule has 4 heteroatoms. The number of morpholine rings is 1. The second-order valence-electron chi connectivity index (χ2n) is 7.07. The van der Waals surface area contributed by atoms with Crippen molar-refractivity contribution in [2.75, 3.05) is 18.1 Å². The standard InChI is InChI=1S/C22H24N2O2/c1-16(23-22(25)11-10-17-6-3-2-4-7-17)18-8-5-9-19(12-18)24-14-21-13-20(24)15-26-21/h2-12,16,20-21H,13-15H2,1H3,(H,23,25)/t16?,20?,21-/m0/s1.